The zero-order valence-corrected chi connectivity index (χ0v) is 8.76. The van der Waals surface area contributed by atoms with Crippen LogP contribution in [0.4, 0.5) is 0 Å². The van der Waals surface area contributed by atoms with Gasteiger partial charge in [-0.25, -0.2) is 0 Å². The molecule has 1 heterocycles. The lowest BCUT2D eigenvalue weighted by Crippen LogP contribution is -2.44. The predicted molar refractivity (Wildman–Crippen MR) is 55.9 cm³/mol. The van der Waals surface area contributed by atoms with Gasteiger partial charge in [0.25, 0.3) is 0 Å². The first-order valence-corrected chi connectivity index (χ1v) is 5.76. The Morgan fingerprint density at radius 2 is 2.15 bits per heavy atom. The number of likely N-dealkylation sites (tertiary alicyclic amines) is 1. The van der Waals surface area contributed by atoms with E-state index in [0.29, 0.717) is 0 Å². The van der Waals surface area contributed by atoms with Gasteiger partial charge in [0.2, 0.25) is 0 Å². The topological polar surface area (TPSA) is 15.3 Å². The van der Waals surface area contributed by atoms with Gasteiger partial charge in [-0.1, -0.05) is 12.8 Å². The number of hydrogen-bond acceptors (Lipinski definition) is 2. The summed E-state index contributed by atoms with van der Waals surface area (Å²) >= 11 is 0. The van der Waals surface area contributed by atoms with E-state index in [1.54, 1.807) is 0 Å². The summed E-state index contributed by atoms with van der Waals surface area (Å²) in [6.45, 7) is 3.80. The summed E-state index contributed by atoms with van der Waals surface area (Å²) in [6, 6.07) is 0.775. The van der Waals surface area contributed by atoms with Crippen molar-refractivity contribution in [1.29, 1.82) is 0 Å². The van der Waals surface area contributed by atoms with Crippen molar-refractivity contribution >= 4 is 0 Å². The molecule has 1 saturated carbocycles. The van der Waals surface area contributed by atoms with E-state index < -0.39 is 0 Å². The molecule has 2 rings (SSSR count). The van der Waals surface area contributed by atoms with Crippen LogP contribution in [0.1, 0.15) is 32.1 Å². The molecule has 1 atom stereocenters. The molecular formula is C11H22N2. The Labute approximate surface area is 81.7 Å². The minimum atomic E-state index is 0.775. The van der Waals surface area contributed by atoms with Crippen LogP contribution in [-0.4, -0.2) is 37.6 Å². The molecule has 0 spiro atoms. The first-order valence-electron chi connectivity index (χ1n) is 5.76. The van der Waals surface area contributed by atoms with Gasteiger partial charge in [0.1, 0.15) is 0 Å². The fraction of sp³-hybridized carbons (Fsp3) is 1.00. The summed E-state index contributed by atoms with van der Waals surface area (Å²) in [7, 11) is 2.23. The number of nitrogens with one attached hydrogen (secondary N) is 1. The van der Waals surface area contributed by atoms with Gasteiger partial charge in [0.05, 0.1) is 0 Å². The van der Waals surface area contributed by atoms with E-state index in [2.05, 4.69) is 17.3 Å². The standard InChI is InChI=1S/C11H22N2/c1-13-8-2-3-11(9-13)12-7-6-10-4-5-10/h10-12H,2-9H2,1H3. The van der Waals surface area contributed by atoms with Crippen molar-refractivity contribution in [2.75, 3.05) is 26.7 Å². The zero-order valence-electron chi connectivity index (χ0n) is 8.76. The molecule has 1 N–H and O–H groups in total. The highest BCUT2D eigenvalue weighted by atomic mass is 15.1. The number of rotatable bonds is 4. The first-order chi connectivity index (χ1) is 6.34. The fourth-order valence-corrected chi connectivity index (χ4v) is 2.23. The Kier molecular flexibility index (Phi) is 3.23. The number of likely N-dealkylation sites (N-methyl/N-ethyl adjacent to an activating group) is 1. The van der Waals surface area contributed by atoms with Crippen LogP contribution in [0.5, 0.6) is 0 Å². The van der Waals surface area contributed by atoms with E-state index in [-0.39, 0.29) is 0 Å². The monoisotopic (exact) mass is 182 g/mol. The molecule has 1 saturated heterocycles. The molecule has 13 heavy (non-hydrogen) atoms. The van der Waals surface area contributed by atoms with E-state index in [1.807, 2.05) is 0 Å². The average Bonchev–Trinajstić information content (AvgIpc) is 2.88. The molecule has 2 aliphatic rings. The molecule has 1 aliphatic heterocycles. The van der Waals surface area contributed by atoms with Gasteiger partial charge in [0.15, 0.2) is 0 Å². The Morgan fingerprint density at radius 1 is 1.31 bits per heavy atom. The van der Waals surface area contributed by atoms with Crippen molar-refractivity contribution in [3.63, 3.8) is 0 Å². The van der Waals surface area contributed by atoms with Gasteiger partial charge >= 0.3 is 0 Å². The quantitative estimate of drug-likeness (QED) is 0.708. The van der Waals surface area contributed by atoms with Crippen LogP contribution in [0.2, 0.25) is 0 Å². The highest BCUT2D eigenvalue weighted by Gasteiger charge is 2.21. The molecule has 2 heteroatoms. The Hall–Kier alpha value is -0.0800. The summed E-state index contributed by atoms with van der Waals surface area (Å²) in [5.74, 6) is 1.08. The number of hydrogen-bond donors (Lipinski definition) is 1. The van der Waals surface area contributed by atoms with Gasteiger partial charge < -0.3 is 10.2 Å². The van der Waals surface area contributed by atoms with Crippen LogP contribution in [0, 0.1) is 5.92 Å². The number of nitrogens with zero attached hydrogens (tertiary/aromatic N) is 1. The highest BCUT2D eigenvalue weighted by Crippen LogP contribution is 2.31. The molecule has 76 valence electrons. The third-order valence-corrected chi connectivity index (χ3v) is 3.31. The summed E-state index contributed by atoms with van der Waals surface area (Å²) in [4.78, 5) is 2.44. The second-order valence-electron chi connectivity index (χ2n) is 4.79. The number of piperidine rings is 1. The van der Waals surface area contributed by atoms with Crippen molar-refractivity contribution in [2.45, 2.75) is 38.1 Å². The SMILES string of the molecule is CN1CCCC(NCCC2CC2)C1. The third-order valence-electron chi connectivity index (χ3n) is 3.31. The van der Waals surface area contributed by atoms with Crippen LogP contribution in [0.3, 0.4) is 0 Å². The maximum absolute atomic E-state index is 3.68. The van der Waals surface area contributed by atoms with Gasteiger partial charge in [-0.15, -0.1) is 0 Å². The van der Waals surface area contributed by atoms with Crippen molar-refractivity contribution in [3.8, 4) is 0 Å². The molecular weight excluding hydrogens is 160 g/mol. The smallest absolute Gasteiger partial charge is 0.0195 e. The zero-order chi connectivity index (χ0) is 9.10. The fourth-order valence-electron chi connectivity index (χ4n) is 2.23. The minimum Gasteiger partial charge on any atom is -0.313 e. The van der Waals surface area contributed by atoms with Crippen molar-refractivity contribution in [1.82, 2.24) is 10.2 Å². The maximum atomic E-state index is 3.68. The molecule has 0 amide bonds. The van der Waals surface area contributed by atoms with Crippen molar-refractivity contribution in [3.05, 3.63) is 0 Å². The lowest BCUT2D eigenvalue weighted by atomic mass is 10.1. The third kappa shape index (κ3) is 3.28. The molecule has 2 fully saturated rings. The maximum Gasteiger partial charge on any atom is 0.0195 e. The molecule has 0 aromatic rings. The molecule has 0 bridgehead atoms. The first kappa shape index (κ1) is 9.47. The van der Waals surface area contributed by atoms with Gasteiger partial charge in [-0.05, 0) is 45.3 Å². The predicted octanol–water partition coefficient (Wildman–Crippen LogP) is 1.47. The Bertz CT molecular complexity index is 154. The van der Waals surface area contributed by atoms with Crippen molar-refractivity contribution < 1.29 is 0 Å². The highest BCUT2D eigenvalue weighted by molar-refractivity contribution is 4.78. The lowest BCUT2D eigenvalue weighted by molar-refractivity contribution is 0.227. The van der Waals surface area contributed by atoms with Crippen LogP contribution < -0.4 is 5.32 Å². The van der Waals surface area contributed by atoms with E-state index >= 15 is 0 Å². The van der Waals surface area contributed by atoms with Gasteiger partial charge in [0, 0.05) is 12.6 Å². The van der Waals surface area contributed by atoms with Crippen LogP contribution in [0.15, 0.2) is 0 Å². The van der Waals surface area contributed by atoms with Crippen LogP contribution in [0.25, 0.3) is 0 Å². The van der Waals surface area contributed by atoms with E-state index in [0.717, 1.165) is 12.0 Å². The minimum absolute atomic E-state index is 0.775. The van der Waals surface area contributed by atoms with Crippen molar-refractivity contribution in [2.24, 2.45) is 5.92 Å². The van der Waals surface area contributed by atoms with Gasteiger partial charge in [-0.3, -0.25) is 0 Å². The van der Waals surface area contributed by atoms with Gasteiger partial charge in [-0.2, -0.15) is 0 Å². The van der Waals surface area contributed by atoms with E-state index in [1.165, 1.54) is 51.7 Å². The molecule has 0 radical (unpaired) electrons. The summed E-state index contributed by atoms with van der Waals surface area (Å²) < 4.78 is 0. The van der Waals surface area contributed by atoms with E-state index in [9.17, 15) is 0 Å². The summed E-state index contributed by atoms with van der Waals surface area (Å²) in [6.07, 6.45) is 7.16. The largest absolute Gasteiger partial charge is 0.313 e. The molecule has 0 aromatic carbocycles. The summed E-state index contributed by atoms with van der Waals surface area (Å²) in [5, 5.41) is 3.68. The molecule has 1 aliphatic carbocycles. The molecule has 2 nitrogen and oxygen atoms in total. The second-order valence-corrected chi connectivity index (χ2v) is 4.79. The normalized spacial score (nSPS) is 30.7. The second kappa shape index (κ2) is 4.43. The van der Waals surface area contributed by atoms with E-state index in [4.69, 9.17) is 0 Å². The van der Waals surface area contributed by atoms with Crippen LogP contribution in [-0.2, 0) is 0 Å². The average molecular weight is 182 g/mol. The lowest BCUT2D eigenvalue weighted by Gasteiger charge is -2.30. The Morgan fingerprint density at radius 3 is 2.85 bits per heavy atom. The molecule has 0 aromatic heterocycles. The summed E-state index contributed by atoms with van der Waals surface area (Å²) in [5.41, 5.74) is 0. The van der Waals surface area contributed by atoms with Crippen LogP contribution >= 0.6 is 0 Å². The Balaban J connectivity index is 1.56. The molecule has 1 unspecified atom stereocenters.